The van der Waals surface area contributed by atoms with E-state index in [0.717, 1.165) is 18.4 Å². The Morgan fingerprint density at radius 2 is 2.10 bits per heavy atom. The van der Waals surface area contributed by atoms with Gasteiger partial charge in [-0.2, -0.15) is 0 Å². The molecule has 0 aromatic heterocycles. The summed E-state index contributed by atoms with van der Waals surface area (Å²) >= 11 is 0. The SMILES string of the molecule is CC(c1ccc2c(c1)CCC2)N1CC(C(=O)O)CC1=O. The van der Waals surface area contributed by atoms with Crippen LogP contribution in [0.3, 0.4) is 0 Å². The third kappa shape index (κ3) is 2.19. The van der Waals surface area contributed by atoms with E-state index in [1.54, 1.807) is 4.90 Å². The number of rotatable bonds is 3. The molecule has 4 heteroatoms. The number of benzene rings is 1. The van der Waals surface area contributed by atoms with Crippen molar-refractivity contribution >= 4 is 11.9 Å². The fraction of sp³-hybridized carbons (Fsp3) is 0.500. The van der Waals surface area contributed by atoms with Crippen LogP contribution in [0, 0.1) is 5.92 Å². The molecule has 2 aliphatic rings. The Morgan fingerprint density at radius 1 is 1.35 bits per heavy atom. The molecule has 0 spiro atoms. The van der Waals surface area contributed by atoms with Crippen LogP contribution in [-0.2, 0) is 22.4 Å². The van der Waals surface area contributed by atoms with Crippen LogP contribution in [0.4, 0.5) is 0 Å². The maximum Gasteiger partial charge on any atom is 0.308 e. The van der Waals surface area contributed by atoms with Crippen molar-refractivity contribution in [2.75, 3.05) is 6.54 Å². The van der Waals surface area contributed by atoms with Gasteiger partial charge in [-0.25, -0.2) is 0 Å². The molecular weight excluding hydrogens is 254 g/mol. The number of hydrogen-bond donors (Lipinski definition) is 1. The number of aryl methyl sites for hydroxylation is 2. The lowest BCUT2D eigenvalue weighted by atomic mass is 10.0. The molecule has 0 bridgehead atoms. The minimum absolute atomic E-state index is 0.0438. The van der Waals surface area contributed by atoms with Gasteiger partial charge < -0.3 is 10.0 Å². The van der Waals surface area contributed by atoms with E-state index in [1.165, 1.54) is 17.5 Å². The van der Waals surface area contributed by atoms with Crippen LogP contribution < -0.4 is 0 Å². The molecule has 1 aliphatic carbocycles. The van der Waals surface area contributed by atoms with Gasteiger partial charge in [-0.05, 0) is 42.9 Å². The molecule has 1 fully saturated rings. The first-order valence-corrected chi connectivity index (χ1v) is 7.20. The minimum Gasteiger partial charge on any atom is -0.481 e. The first-order valence-electron chi connectivity index (χ1n) is 7.20. The second-order valence-electron chi connectivity index (χ2n) is 5.84. The number of hydrogen-bond acceptors (Lipinski definition) is 2. The molecule has 1 aliphatic heterocycles. The van der Waals surface area contributed by atoms with Crippen molar-refractivity contribution in [3.05, 3.63) is 34.9 Å². The summed E-state index contributed by atoms with van der Waals surface area (Å²) < 4.78 is 0. The van der Waals surface area contributed by atoms with Crippen LogP contribution in [0.15, 0.2) is 18.2 Å². The number of aliphatic carboxylic acids is 1. The topological polar surface area (TPSA) is 57.6 Å². The molecular formula is C16H19NO3. The molecule has 0 saturated carbocycles. The maximum atomic E-state index is 12.0. The van der Waals surface area contributed by atoms with Gasteiger partial charge in [0.25, 0.3) is 0 Å². The fourth-order valence-electron chi connectivity index (χ4n) is 3.30. The smallest absolute Gasteiger partial charge is 0.308 e. The summed E-state index contributed by atoms with van der Waals surface area (Å²) in [6.45, 7) is 2.31. The van der Waals surface area contributed by atoms with Crippen LogP contribution in [0.2, 0.25) is 0 Å². The molecule has 1 N–H and O–H groups in total. The molecule has 3 rings (SSSR count). The predicted molar refractivity (Wildman–Crippen MR) is 74.3 cm³/mol. The molecule has 1 heterocycles. The van der Waals surface area contributed by atoms with Crippen LogP contribution in [0.25, 0.3) is 0 Å². The van der Waals surface area contributed by atoms with E-state index in [-0.39, 0.29) is 18.4 Å². The summed E-state index contributed by atoms with van der Waals surface area (Å²) in [5.41, 5.74) is 3.91. The number of amides is 1. The minimum atomic E-state index is -0.873. The van der Waals surface area contributed by atoms with E-state index in [1.807, 2.05) is 6.92 Å². The van der Waals surface area contributed by atoms with Gasteiger partial charge in [0.1, 0.15) is 0 Å². The molecule has 20 heavy (non-hydrogen) atoms. The quantitative estimate of drug-likeness (QED) is 0.918. The highest BCUT2D eigenvalue weighted by atomic mass is 16.4. The first kappa shape index (κ1) is 13.2. The zero-order valence-electron chi connectivity index (χ0n) is 11.6. The number of carboxylic acid groups (broad SMARTS) is 1. The molecule has 1 amide bonds. The molecule has 0 radical (unpaired) electrons. The summed E-state index contributed by atoms with van der Waals surface area (Å²) in [5, 5.41) is 9.05. The Labute approximate surface area is 118 Å². The Balaban J connectivity index is 1.80. The second kappa shape index (κ2) is 4.93. The summed E-state index contributed by atoms with van der Waals surface area (Å²) in [7, 11) is 0. The van der Waals surface area contributed by atoms with Crippen LogP contribution in [-0.4, -0.2) is 28.4 Å². The number of fused-ring (bicyclic) bond motifs is 1. The summed E-state index contributed by atoms with van der Waals surface area (Å²) in [4.78, 5) is 24.7. The molecule has 2 atom stereocenters. The number of carbonyl (C=O) groups excluding carboxylic acids is 1. The second-order valence-corrected chi connectivity index (χ2v) is 5.84. The van der Waals surface area contributed by atoms with Crippen LogP contribution in [0.5, 0.6) is 0 Å². The fourth-order valence-corrected chi connectivity index (χ4v) is 3.30. The molecule has 106 valence electrons. The normalized spacial score (nSPS) is 22.9. The van der Waals surface area contributed by atoms with Gasteiger partial charge in [0.05, 0.1) is 12.0 Å². The zero-order chi connectivity index (χ0) is 14.3. The molecule has 1 aromatic carbocycles. The van der Waals surface area contributed by atoms with E-state index < -0.39 is 11.9 Å². The van der Waals surface area contributed by atoms with Crippen molar-refractivity contribution in [3.8, 4) is 0 Å². The van der Waals surface area contributed by atoms with Crippen molar-refractivity contribution in [1.29, 1.82) is 0 Å². The number of carbonyl (C=O) groups is 2. The summed E-state index contributed by atoms with van der Waals surface area (Å²) in [6.07, 6.45) is 3.59. The van der Waals surface area contributed by atoms with Gasteiger partial charge in [0, 0.05) is 13.0 Å². The number of carboxylic acids is 1. The van der Waals surface area contributed by atoms with Gasteiger partial charge in [0.15, 0.2) is 0 Å². The van der Waals surface area contributed by atoms with Gasteiger partial charge in [0.2, 0.25) is 5.91 Å². The average Bonchev–Trinajstić information content (AvgIpc) is 3.03. The summed E-state index contributed by atoms with van der Waals surface area (Å²) in [6, 6.07) is 6.38. The highest BCUT2D eigenvalue weighted by Crippen LogP contribution is 2.31. The Morgan fingerprint density at radius 3 is 2.80 bits per heavy atom. The van der Waals surface area contributed by atoms with Gasteiger partial charge >= 0.3 is 5.97 Å². The van der Waals surface area contributed by atoms with E-state index in [2.05, 4.69) is 18.2 Å². The lowest BCUT2D eigenvalue weighted by Crippen LogP contribution is -2.29. The Kier molecular flexibility index (Phi) is 3.24. The van der Waals surface area contributed by atoms with Crippen molar-refractivity contribution in [3.63, 3.8) is 0 Å². The van der Waals surface area contributed by atoms with Crippen LogP contribution >= 0.6 is 0 Å². The molecule has 1 aromatic rings. The highest BCUT2D eigenvalue weighted by molar-refractivity contribution is 5.86. The third-order valence-electron chi connectivity index (χ3n) is 4.58. The first-order chi connectivity index (χ1) is 9.56. The van der Waals surface area contributed by atoms with Crippen LogP contribution in [0.1, 0.15) is 42.5 Å². The molecule has 2 unspecified atom stereocenters. The predicted octanol–water partition coefficient (Wildman–Crippen LogP) is 2.17. The largest absolute Gasteiger partial charge is 0.481 e. The van der Waals surface area contributed by atoms with E-state index >= 15 is 0 Å². The third-order valence-corrected chi connectivity index (χ3v) is 4.58. The lowest BCUT2D eigenvalue weighted by molar-refractivity contribution is -0.141. The number of likely N-dealkylation sites (tertiary alicyclic amines) is 1. The summed E-state index contributed by atoms with van der Waals surface area (Å²) in [5.74, 6) is -1.48. The van der Waals surface area contributed by atoms with Gasteiger partial charge in [-0.3, -0.25) is 9.59 Å². The standard InChI is InChI=1S/C16H19NO3/c1-10(17-9-14(16(19)20)8-15(17)18)12-6-5-11-3-2-4-13(11)7-12/h5-7,10,14H,2-4,8-9H2,1H3,(H,19,20). The average molecular weight is 273 g/mol. The van der Waals surface area contributed by atoms with Crippen molar-refractivity contribution in [1.82, 2.24) is 4.90 Å². The van der Waals surface area contributed by atoms with Gasteiger partial charge in [-0.15, -0.1) is 0 Å². The van der Waals surface area contributed by atoms with Crippen molar-refractivity contribution in [2.24, 2.45) is 5.92 Å². The van der Waals surface area contributed by atoms with E-state index in [0.29, 0.717) is 6.54 Å². The maximum absolute atomic E-state index is 12.0. The van der Waals surface area contributed by atoms with E-state index in [4.69, 9.17) is 5.11 Å². The molecule has 1 saturated heterocycles. The lowest BCUT2D eigenvalue weighted by Gasteiger charge is -2.25. The molecule has 4 nitrogen and oxygen atoms in total. The van der Waals surface area contributed by atoms with Crippen molar-refractivity contribution in [2.45, 2.75) is 38.6 Å². The van der Waals surface area contributed by atoms with Crippen molar-refractivity contribution < 1.29 is 14.7 Å². The Bertz CT molecular complexity index is 567. The number of nitrogens with zero attached hydrogens (tertiary/aromatic N) is 1. The zero-order valence-corrected chi connectivity index (χ0v) is 11.6. The Hall–Kier alpha value is -1.84. The monoisotopic (exact) mass is 273 g/mol. The highest BCUT2D eigenvalue weighted by Gasteiger charge is 2.37. The van der Waals surface area contributed by atoms with E-state index in [9.17, 15) is 9.59 Å². The van der Waals surface area contributed by atoms with Gasteiger partial charge in [-0.1, -0.05) is 18.2 Å².